The van der Waals surface area contributed by atoms with Crippen molar-refractivity contribution in [2.45, 2.75) is 13.8 Å². The van der Waals surface area contributed by atoms with E-state index in [-0.39, 0.29) is 5.90 Å². The fourth-order valence-electron chi connectivity index (χ4n) is 0.790. The van der Waals surface area contributed by atoms with Gasteiger partial charge in [0.15, 0.2) is 0 Å². The van der Waals surface area contributed by atoms with Gasteiger partial charge in [-0.15, -0.1) is 11.3 Å². The molecule has 1 aromatic rings. The molecule has 3 heteroatoms. The molecule has 60 valence electrons. The molecule has 0 aliphatic carbocycles. The molecule has 0 aliphatic rings. The number of thiophene rings is 1. The van der Waals surface area contributed by atoms with Crippen molar-refractivity contribution in [3.63, 3.8) is 0 Å². The lowest BCUT2D eigenvalue weighted by molar-refractivity contribution is 0.326. The summed E-state index contributed by atoms with van der Waals surface area (Å²) in [5, 5.41) is 9.37. The van der Waals surface area contributed by atoms with Gasteiger partial charge in [0.1, 0.15) is 0 Å². The van der Waals surface area contributed by atoms with Gasteiger partial charge in [-0.2, -0.15) is 0 Å². The van der Waals surface area contributed by atoms with E-state index in [4.69, 9.17) is 10.1 Å². The molecule has 0 radical (unpaired) electrons. The summed E-state index contributed by atoms with van der Waals surface area (Å²) < 4.78 is 5.03. The standard InChI is InChI=1S/C8H11NOS/c1-3-10-8(9)7-4-6(2)11-5-7/h4-5,9H,3H2,1-2H3. The fourth-order valence-corrected chi connectivity index (χ4v) is 1.47. The maximum absolute atomic E-state index is 7.43. The summed E-state index contributed by atoms with van der Waals surface area (Å²) in [7, 11) is 0. The van der Waals surface area contributed by atoms with Crippen LogP contribution in [0.2, 0.25) is 0 Å². The third-order valence-corrected chi connectivity index (χ3v) is 2.14. The Morgan fingerprint density at radius 2 is 2.45 bits per heavy atom. The molecule has 0 saturated heterocycles. The summed E-state index contributed by atoms with van der Waals surface area (Å²) >= 11 is 1.64. The van der Waals surface area contributed by atoms with Crippen LogP contribution in [0.25, 0.3) is 0 Å². The zero-order valence-electron chi connectivity index (χ0n) is 6.68. The van der Waals surface area contributed by atoms with Crippen LogP contribution in [0.15, 0.2) is 11.4 Å². The molecular formula is C8H11NOS. The van der Waals surface area contributed by atoms with Crippen molar-refractivity contribution < 1.29 is 4.74 Å². The first-order valence-electron chi connectivity index (χ1n) is 3.51. The minimum absolute atomic E-state index is 0.275. The molecule has 2 nitrogen and oxygen atoms in total. The van der Waals surface area contributed by atoms with Gasteiger partial charge in [0.2, 0.25) is 5.90 Å². The van der Waals surface area contributed by atoms with E-state index in [1.807, 2.05) is 25.3 Å². The highest BCUT2D eigenvalue weighted by atomic mass is 32.1. The topological polar surface area (TPSA) is 33.1 Å². The third-order valence-electron chi connectivity index (χ3n) is 1.28. The van der Waals surface area contributed by atoms with Crippen LogP contribution in [0.5, 0.6) is 0 Å². The van der Waals surface area contributed by atoms with Gasteiger partial charge in [-0.3, -0.25) is 5.41 Å². The van der Waals surface area contributed by atoms with Gasteiger partial charge in [0.25, 0.3) is 0 Å². The second kappa shape index (κ2) is 3.53. The van der Waals surface area contributed by atoms with Crippen LogP contribution in [0.1, 0.15) is 17.4 Å². The van der Waals surface area contributed by atoms with Gasteiger partial charge < -0.3 is 4.74 Å². The van der Waals surface area contributed by atoms with E-state index in [0.717, 1.165) is 5.56 Å². The van der Waals surface area contributed by atoms with Gasteiger partial charge in [0.05, 0.1) is 6.61 Å². The molecule has 1 aromatic heterocycles. The van der Waals surface area contributed by atoms with Crippen LogP contribution in [0.3, 0.4) is 0 Å². The van der Waals surface area contributed by atoms with Gasteiger partial charge in [-0.1, -0.05) is 0 Å². The van der Waals surface area contributed by atoms with E-state index >= 15 is 0 Å². The smallest absolute Gasteiger partial charge is 0.214 e. The number of nitrogens with one attached hydrogen (secondary N) is 1. The molecule has 0 fully saturated rings. The van der Waals surface area contributed by atoms with E-state index < -0.39 is 0 Å². The Morgan fingerprint density at radius 3 is 2.91 bits per heavy atom. The van der Waals surface area contributed by atoms with E-state index in [1.54, 1.807) is 11.3 Å². The third kappa shape index (κ3) is 2.05. The molecule has 1 heterocycles. The van der Waals surface area contributed by atoms with E-state index in [9.17, 15) is 0 Å². The molecule has 1 N–H and O–H groups in total. The number of hydrogen-bond donors (Lipinski definition) is 1. The first-order chi connectivity index (χ1) is 5.24. The Bertz CT molecular complexity index is 254. The summed E-state index contributed by atoms with van der Waals surface area (Å²) in [4.78, 5) is 1.21. The van der Waals surface area contributed by atoms with Crippen molar-refractivity contribution in [3.05, 3.63) is 21.9 Å². The molecule has 0 aliphatic heterocycles. The largest absolute Gasteiger partial charge is 0.478 e. The Hall–Kier alpha value is -0.830. The highest BCUT2D eigenvalue weighted by molar-refractivity contribution is 7.10. The first kappa shape index (κ1) is 8.27. The zero-order chi connectivity index (χ0) is 8.27. The zero-order valence-corrected chi connectivity index (χ0v) is 7.49. The molecule has 0 aromatic carbocycles. The second-order valence-electron chi connectivity index (χ2n) is 2.21. The van der Waals surface area contributed by atoms with Crippen molar-refractivity contribution >= 4 is 17.2 Å². The van der Waals surface area contributed by atoms with Crippen LogP contribution in [-0.2, 0) is 4.74 Å². The molecule has 0 unspecified atom stereocenters. The molecular weight excluding hydrogens is 158 g/mol. The van der Waals surface area contributed by atoms with Crippen LogP contribution < -0.4 is 0 Å². The molecule has 0 amide bonds. The predicted molar refractivity (Wildman–Crippen MR) is 47.5 cm³/mol. The Balaban J connectivity index is 2.69. The highest BCUT2D eigenvalue weighted by Gasteiger charge is 2.02. The SMILES string of the molecule is CCOC(=N)c1csc(C)c1. The van der Waals surface area contributed by atoms with Gasteiger partial charge >= 0.3 is 0 Å². The number of aryl methyl sites for hydroxylation is 1. The van der Waals surface area contributed by atoms with Gasteiger partial charge in [-0.25, -0.2) is 0 Å². The fraction of sp³-hybridized carbons (Fsp3) is 0.375. The Morgan fingerprint density at radius 1 is 1.73 bits per heavy atom. The highest BCUT2D eigenvalue weighted by Crippen LogP contribution is 2.13. The lowest BCUT2D eigenvalue weighted by Crippen LogP contribution is -2.02. The molecule has 11 heavy (non-hydrogen) atoms. The minimum atomic E-state index is 0.275. The van der Waals surface area contributed by atoms with Crippen molar-refractivity contribution in [1.82, 2.24) is 0 Å². The summed E-state index contributed by atoms with van der Waals surface area (Å²) in [6, 6.07) is 1.96. The maximum Gasteiger partial charge on any atom is 0.214 e. The Labute approximate surface area is 70.3 Å². The summed E-state index contributed by atoms with van der Waals surface area (Å²) in [5.74, 6) is 0.275. The van der Waals surface area contributed by atoms with Crippen LogP contribution in [0, 0.1) is 12.3 Å². The average Bonchev–Trinajstić information content (AvgIpc) is 2.36. The molecule has 0 saturated carbocycles. The van der Waals surface area contributed by atoms with E-state index in [1.165, 1.54) is 4.88 Å². The summed E-state index contributed by atoms with van der Waals surface area (Å²) in [5.41, 5.74) is 0.884. The minimum Gasteiger partial charge on any atom is -0.478 e. The summed E-state index contributed by atoms with van der Waals surface area (Å²) in [6.07, 6.45) is 0. The van der Waals surface area contributed by atoms with Gasteiger partial charge in [0, 0.05) is 15.8 Å². The lowest BCUT2D eigenvalue weighted by atomic mass is 10.3. The normalized spacial score (nSPS) is 9.64. The summed E-state index contributed by atoms with van der Waals surface area (Å²) in [6.45, 7) is 4.47. The number of ether oxygens (including phenoxy) is 1. The van der Waals surface area contributed by atoms with Crippen LogP contribution >= 0.6 is 11.3 Å². The van der Waals surface area contributed by atoms with Crippen LogP contribution in [0.4, 0.5) is 0 Å². The van der Waals surface area contributed by atoms with E-state index in [0.29, 0.717) is 6.61 Å². The first-order valence-corrected chi connectivity index (χ1v) is 4.39. The van der Waals surface area contributed by atoms with Crippen molar-refractivity contribution in [1.29, 1.82) is 5.41 Å². The Kier molecular flexibility index (Phi) is 2.65. The van der Waals surface area contributed by atoms with Crippen molar-refractivity contribution in [3.8, 4) is 0 Å². The predicted octanol–water partition coefficient (Wildman–Crippen LogP) is 2.42. The van der Waals surface area contributed by atoms with Gasteiger partial charge in [-0.05, 0) is 19.9 Å². The molecule has 0 spiro atoms. The number of hydrogen-bond acceptors (Lipinski definition) is 3. The lowest BCUT2D eigenvalue weighted by Gasteiger charge is -2.00. The molecule has 0 atom stereocenters. The van der Waals surface area contributed by atoms with E-state index in [2.05, 4.69) is 0 Å². The van der Waals surface area contributed by atoms with Crippen molar-refractivity contribution in [2.24, 2.45) is 0 Å². The quantitative estimate of drug-likeness (QED) is 0.535. The average molecular weight is 169 g/mol. The maximum atomic E-state index is 7.43. The second-order valence-corrected chi connectivity index (χ2v) is 3.32. The molecule has 0 bridgehead atoms. The van der Waals surface area contributed by atoms with Crippen molar-refractivity contribution in [2.75, 3.05) is 6.61 Å². The number of rotatable bonds is 2. The van der Waals surface area contributed by atoms with Crippen LogP contribution in [-0.4, -0.2) is 12.5 Å². The molecule has 1 rings (SSSR count). The monoisotopic (exact) mass is 169 g/mol.